The highest BCUT2D eigenvalue weighted by Crippen LogP contribution is 2.14. The van der Waals surface area contributed by atoms with Crippen LogP contribution in [0.1, 0.15) is 52.4 Å². The zero-order valence-corrected chi connectivity index (χ0v) is 12.5. The van der Waals surface area contributed by atoms with Crippen LogP contribution in [0, 0.1) is 0 Å². The molecule has 19 heavy (non-hydrogen) atoms. The SMILES string of the molecule is CC(C)N1CCC(NC(=O)CCC2CCCN2)CC1. The Morgan fingerprint density at radius 1 is 1.32 bits per heavy atom. The summed E-state index contributed by atoms with van der Waals surface area (Å²) in [6, 6.07) is 1.61. The average Bonchev–Trinajstić information content (AvgIpc) is 2.90. The summed E-state index contributed by atoms with van der Waals surface area (Å²) in [6.45, 7) is 7.85. The van der Waals surface area contributed by atoms with Crippen LogP contribution in [0.15, 0.2) is 0 Å². The fourth-order valence-electron chi connectivity index (χ4n) is 3.17. The molecule has 2 rings (SSSR count). The van der Waals surface area contributed by atoms with Gasteiger partial charge in [0.1, 0.15) is 0 Å². The van der Waals surface area contributed by atoms with Crippen molar-refractivity contribution in [3.05, 3.63) is 0 Å². The highest BCUT2D eigenvalue weighted by molar-refractivity contribution is 5.76. The summed E-state index contributed by atoms with van der Waals surface area (Å²) in [5.41, 5.74) is 0. The van der Waals surface area contributed by atoms with Gasteiger partial charge < -0.3 is 15.5 Å². The van der Waals surface area contributed by atoms with E-state index >= 15 is 0 Å². The van der Waals surface area contributed by atoms with Crippen LogP contribution in [0.2, 0.25) is 0 Å². The molecule has 2 aliphatic heterocycles. The number of hydrogen-bond acceptors (Lipinski definition) is 3. The van der Waals surface area contributed by atoms with Gasteiger partial charge in [-0.1, -0.05) is 0 Å². The van der Waals surface area contributed by atoms with E-state index in [1.54, 1.807) is 0 Å². The molecule has 0 aromatic heterocycles. The van der Waals surface area contributed by atoms with Gasteiger partial charge in [0.05, 0.1) is 0 Å². The van der Waals surface area contributed by atoms with Crippen molar-refractivity contribution in [2.75, 3.05) is 19.6 Å². The maximum absolute atomic E-state index is 11.9. The summed E-state index contributed by atoms with van der Waals surface area (Å²) in [7, 11) is 0. The van der Waals surface area contributed by atoms with Crippen molar-refractivity contribution in [2.45, 2.75) is 70.5 Å². The third kappa shape index (κ3) is 4.77. The maximum atomic E-state index is 11.9. The molecular weight excluding hydrogens is 238 g/mol. The fraction of sp³-hybridized carbons (Fsp3) is 0.933. The summed E-state index contributed by atoms with van der Waals surface area (Å²) in [4.78, 5) is 14.4. The fourth-order valence-corrected chi connectivity index (χ4v) is 3.17. The Labute approximate surface area is 117 Å². The maximum Gasteiger partial charge on any atom is 0.220 e. The predicted molar refractivity (Wildman–Crippen MR) is 78.1 cm³/mol. The van der Waals surface area contributed by atoms with Gasteiger partial charge in [-0.3, -0.25) is 4.79 Å². The lowest BCUT2D eigenvalue weighted by Gasteiger charge is -2.34. The molecule has 2 aliphatic rings. The van der Waals surface area contributed by atoms with E-state index < -0.39 is 0 Å². The molecule has 1 amide bonds. The minimum Gasteiger partial charge on any atom is -0.353 e. The number of carbonyl (C=O) groups is 1. The molecule has 0 bridgehead atoms. The largest absolute Gasteiger partial charge is 0.353 e. The van der Waals surface area contributed by atoms with Crippen LogP contribution in [0.4, 0.5) is 0 Å². The molecule has 0 aliphatic carbocycles. The molecule has 2 saturated heterocycles. The van der Waals surface area contributed by atoms with Crippen LogP contribution in [-0.4, -0.2) is 48.6 Å². The van der Waals surface area contributed by atoms with E-state index in [0.29, 0.717) is 24.5 Å². The summed E-state index contributed by atoms with van der Waals surface area (Å²) in [5, 5.41) is 6.66. The van der Waals surface area contributed by atoms with E-state index in [0.717, 1.165) is 38.9 Å². The summed E-state index contributed by atoms with van der Waals surface area (Å²) >= 11 is 0. The molecule has 2 N–H and O–H groups in total. The Morgan fingerprint density at radius 2 is 2.05 bits per heavy atom. The lowest BCUT2D eigenvalue weighted by molar-refractivity contribution is -0.122. The molecule has 0 aromatic carbocycles. The Balaban J connectivity index is 1.60. The molecule has 0 saturated carbocycles. The highest BCUT2D eigenvalue weighted by atomic mass is 16.1. The first-order chi connectivity index (χ1) is 9.15. The first kappa shape index (κ1) is 14.8. The Bertz CT molecular complexity index is 279. The van der Waals surface area contributed by atoms with Crippen LogP contribution in [0.5, 0.6) is 0 Å². The van der Waals surface area contributed by atoms with E-state index in [1.807, 2.05) is 0 Å². The van der Waals surface area contributed by atoms with Crippen LogP contribution in [0.3, 0.4) is 0 Å². The van der Waals surface area contributed by atoms with Crippen molar-refractivity contribution < 1.29 is 4.79 Å². The van der Waals surface area contributed by atoms with Gasteiger partial charge in [0.25, 0.3) is 0 Å². The number of carbonyl (C=O) groups excluding carboxylic acids is 1. The number of nitrogens with one attached hydrogen (secondary N) is 2. The number of likely N-dealkylation sites (tertiary alicyclic amines) is 1. The minimum absolute atomic E-state index is 0.247. The molecule has 1 unspecified atom stereocenters. The Kier molecular flexibility index (Phi) is 5.64. The molecule has 2 heterocycles. The number of nitrogens with zero attached hydrogens (tertiary/aromatic N) is 1. The topological polar surface area (TPSA) is 44.4 Å². The smallest absolute Gasteiger partial charge is 0.220 e. The zero-order chi connectivity index (χ0) is 13.7. The average molecular weight is 267 g/mol. The molecule has 2 fully saturated rings. The van der Waals surface area contributed by atoms with E-state index in [4.69, 9.17) is 0 Å². The van der Waals surface area contributed by atoms with Crippen molar-refractivity contribution in [1.82, 2.24) is 15.5 Å². The molecular formula is C15H29N3O. The lowest BCUT2D eigenvalue weighted by Crippen LogP contribution is -2.46. The normalized spacial score (nSPS) is 25.9. The van der Waals surface area contributed by atoms with Gasteiger partial charge in [-0.2, -0.15) is 0 Å². The summed E-state index contributed by atoms with van der Waals surface area (Å²) in [6.07, 6.45) is 6.38. The number of hydrogen-bond donors (Lipinski definition) is 2. The monoisotopic (exact) mass is 267 g/mol. The highest BCUT2D eigenvalue weighted by Gasteiger charge is 2.22. The summed E-state index contributed by atoms with van der Waals surface area (Å²) in [5.74, 6) is 0.247. The van der Waals surface area contributed by atoms with E-state index in [9.17, 15) is 4.79 Å². The van der Waals surface area contributed by atoms with Crippen LogP contribution in [-0.2, 0) is 4.79 Å². The second-order valence-corrected chi connectivity index (χ2v) is 6.30. The Morgan fingerprint density at radius 3 is 2.63 bits per heavy atom. The molecule has 0 radical (unpaired) electrons. The first-order valence-electron chi connectivity index (χ1n) is 7.92. The van der Waals surface area contributed by atoms with Crippen molar-refractivity contribution in [1.29, 1.82) is 0 Å². The standard InChI is InChI=1S/C15H29N3O/c1-12(2)18-10-7-14(8-11-18)17-15(19)6-5-13-4-3-9-16-13/h12-14,16H,3-11H2,1-2H3,(H,17,19). The first-order valence-corrected chi connectivity index (χ1v) is 7.92. The van der Waals surface area contributed by atoms with Crippen LogP contribution < -0.4 is 10.6 Å². The molecule has 110 valence electrons. The minimum atomic E-state index is 0.247. The third-order valence-electron chi connectivity index (χ3n) is 4.51. The molecule has 1 atom stereocenters. The molecule has 0 aromatic rings. The van der Waals surface area contributed by atoms with Gasteiger partial charge in [-0.05, 0) is 52.5 Å². The van der Waals surface area contributed by atoms with Gasteiger partial charge in [0.15, 0.2) is 0 Å². The Hall–Kier alpha value is -0.610. The third-order valence-corrected chi connectivity index (χ3v) is 4.51. The van der Waals surface area contributed by atoms with E-state index in [1.165, 1.54) is 12.8 Å². The lowest BCUT2D eigenvalue weighted by atomic mass is 10.0. The number of piperidine rings is 1. The molecule has 4 nitrogen and oxygen atoms in total. The second-order valence-electron chi connectivity index (χ2n) is 6.30. The quantitative estimate of drug-likeness (QED) is 0.793. The van der Waals surface area contributed by atoms with Gasteiger partial charge in [-0.25, -0.2) is 0 Å². The molecule has 4 heteroatoms. The van der Waals surface area contributed by atoms with Gasteiger partial charge in [0.2, 0.25) is 5.91 Å². The predicted octanol–water partition coefficient (Wildman–Crippen LogP) is 1.51. The van der Waals surface area contributed by atoms with Crippen molar-refractivity contribution >= 4 is 5.91 Å². The van der Waals surface area contributed by atoms with Gasteiger partial charge >= 0.3 is 0 Å². The van der Waals surface area contributed by atoms with Crippen LogP contribution in [0.25, 0.3) is 0 Å². The second kappa shape index (κ2) is 7.25. The van der Waals surface area contributed by atoms with Crippen molar-refractivity contribution in [3.8, 4) is 0 Å². The van der Waals surface area contributed by atoms with Crippen molar-refractivity contribution in [2.24, 2.45) is 0 Å². The zero-order valence-electron chi connectivity index (χ0n) is 12.5. The van der Waals surface area contributed by atoms with E-state index in [2.05, 4.69) is 29.4 Å². The van der Waals surface area contributed by atoms with Crippen LogP contribution >= 0.6 is 0 Å². The number of amides is 1. The number of rotatable bonds is 5. The van der Waals surface area contributed by atoms with E-state index in [-0.39, 0.29) is 5.91 Å². The van der Waals surface area contributed by atoms with Gasteiger partial charge in [0, 0.05) is 37.6 Å². The van der Waals surface area contributed by atoms with Crippen molar-refractivity contribution in [3.63, 3.8) is 0 Å². The molecule has 0 spiro atoms. The summed E-state index contributed by atoms with van der Waals surface area (Å²) < 4.78 is 0. The van der Waals surface area contributed by atoms with Gasteiger partial charge in [-0.15, -0.1) is 0 Å².